The second-order valence-corrected chi connectivity index (χ2v) is 10.6. The first-order chi connectivity index (χ1) is 14.8. The van der Waals surface area contributed by atoms with E-state index in [4.69, 9.17) is 5.26 Å². The van der Waals surface area contributed by atoms with Crippen LogP contribution in [0.5, 0.6) is 0 Å². The summed E-state index contributed by atoms with van der Waals surface area (Å²) in [5, 5.41) is 11.5. The van der Waals surface area contributed by atoms with E-state index >= 15 is 0 Å². The molecule has 2 aliphatic heterocycles. The van der Waals surface area contributed by atoms with Crippen LogP contribution in [0.2, 0.25) is 0 Å². The van der Waals surface area contributed by atoms with Crippen LogP contribution in [0.4, 0.5) is 18.9 Å². The molecule has 1 N–H and O–H groups in total. The molecule has 1 spiro atoms. The Morgan fingerprint density at radius 2 is 1.91 bits per heavy atom. The third-order valence-electron chi connectivity index (χ3n) is 6.39. The number of nitriles is 1. The van der Waals surface area contributed by atoms with Crippen LogP contribution in [-0.4, -0.2) is 69.8 Å². The van der Waals surface area contributed by atoms with E-state index in [0.29, 0.717) is 38.0 Å². The van der Waals surface area contributed by atoms with Crippen LogP contribution < -0.4 is 10.2 Å². The predicted molar refractivity (Wildman–Crippen MR) is 112 cm³/mol. The van der Waals surface area contributed by atoms with E-state index in [-0.39, 0.29) is 12.5 Å². The fraction of sp³-hybridized carbons (Fsp3) is 0.600. The summed E-state index contributed by atoms with van der Waals surface area (Å²) in [5.74, 6) is -0.378. The van der Waals surface area contributed by atoms with Crippen LogP contribution in [0.3, 0.4) is 0 Å². The SMILES string of the molecule is CNC(=O)C1CC2(CCN(c3ccc(C#N)c(C(F)(F)F)c3)CC2)CN1S(=O)(=O)N(C)C. The Kier molecular flexibility index (Phi) is 6.48. The van der Waals surface area contributed by atoms with E-state index in [1.54, 1.807) is 11.0 Å². The first-order valence-corrected chi connectivity index (χ1v) is 11.5. The number of hydrogen-bond acceptors (Lipinski definition) is 5. The number of rotatable bonds is 4. The number of carbonyl (C=O) groups is 1. The van der Waals surface area contributed by atoms with Crippen LogP contribution in [0.15, 0.2) is 18.2 Å². The molecule has 8 nitrogen and oxygen atoms in total. The number of likely N-dealkylation sites (N-methyl/N-ethyl adjacent to an activating group) is 1. The van der Waals surface area contributed by atoms with Gasteiger partial charge in [0.05, 0.1) is 17.2 Å². The van der Waals surface area contributed by atoms with Crippen LogP contribution in [-0.2, 0) is 21.2 Å². The maximum absolute atomic E-state index is 13.3. The van der Waals surface area contributed by atoms with Crippen molar-refractivity contribution in [1.82, 2.24) is 13.9 Å². The summed E-state index contributed by atoms with van der Waals surface area (Å²) in [6, 6.07) is 4.41. The Balaban J connectivity index is 1.82. The van der Waals surface area contributed by atoms with Crippen LogP contribution in [0.1, 0.15) is 30.4 Å². The minimum atomic E-state index is -4.63. The smallest absolute Gasteiger partial charge is 0.371 e. The van der Waals surface area contributed by atoms with Crippen molar-refractivity contribution in [3.05, 3.63) is 29.3 Å². The van der Waals surface area contributed by atoms with E-state index in [1.807, 2.05) is 0 Å². The first-order valence-electron chi connectivity index (χ1n) is 10.1. The lowest BCUT2D eigenvalue weighted by molar-refractivity contribution is -0.137. The highest BCUT2D eigenvalue weighted by molar-refractivity contribution is 7.86. The third-order valence-corrected chi connectivity index (χ3v) is 8.29. The fourth-order valence-corrected chi connectivity index (χ4v) is 5.87. The number of piperidine rings is 1. The molecule has 1 amide bonds. The van der Waals surface area contributed by atoms with Gasteiger partial charge in [-0.2, -0.15) is 35.5 Å². The first kappa shape index (κ1) is 24.3. The molecular weight excluding hydrogens is 447 g/mol. The number of hydrogen-bond donors (Lipinski definition) is 1. The zero-order valence-electron chi connectivity index (χ0n) is 18.1. The number of anilines is 1. The Bertz CT molecular complexity index is 1030. The van der Waals surface area contributed by atoms with Gasteiger partial charge in [0.1, 0.15) is 6.04 Å². The minimum absolute atomic E-state index is 0.181. The summed E-state index contributed by atoms with van der Waals surface area (Å²) in [6.45, 7) is 1.01. The summed E-state index contributed by atoms with van der Waals surface area (Å²) in [5.41, 5.74) is -1.47. The zero-order chi connectivity index (χ0) is 23.9. The van der Waals surface area contributed by atoms with E-state index in [9.17, 15) is 26.4 Å². The predicted octanol–water partition coefficient (Wildman–Crippen LogP) is 1.79. The highest BCUT2D eigenvalue weighted by Gasteiger charge is 2.52. The highest BCUT2D eigenvalue weighted by atomic mass is 32.2. The molecule has 1 unspecified atom stereocenters. The van der Waals surface area contributed by atoms with E-state index < -0.39 is 39.0 Å². The van der Waals surface area contributed by atoms with Gasteiger partial charge in [0, 0.05) is 46.5 Å². The van der Waals surface area contributed by atoms with Gasteiger partial charge in [-0.05, 0) is 42.9 Å². The van der Waals surface area contributed by atoms with Crippen molar-refractivity contribution in [3.8, 4) is 6.07 Å². The molecule has 2 fully saturated rings. The largest absolute Gasteiger partial charge is 0.417 e. The van der Waals surface area contributed by atoms with Crippen molar-refractivity contribution in [3.63, 3.8) is 0 Å². The van der Waals surface area contributed by atoms with Crippen molar-refractivity contribution in [2.75, 3.05) is 45.7 Å². The van der Waals surface area contributed by atoms with Gasteiger partial charge >= 0.3 is 6.18 Å². The molecule has 0 radical (unpaired) electrons. The molecule has 2 heterocycles. The Morgan fingerprint density at radius 1 is 1.28 bits per heavy atom. The molecular formula is C20H26F3N5O3S. The number of halogens is 3. The third kappa shape index (κ3) is 4.42. The summed E-state index contributed by atoms with van der Waals surface area (Å²) >= 11 is 0. The van der Waals surface area contributed by atoms with E-state index in [1.165, 1.54) is 37.6 Å². The standard InChI is InChI=1S/C20H26F3N5O3S/c1-25-18(29)17-11-19(13-28(17)32(30,31)26(2)3)6-8-27(9-7-19)15-5-4-14(12-24)16(10-15)20(21,22)23/h4-5,10,17H,6-9,11,13H2,1-3H3,(H,25,29). The number of carbonyl (C=O) groups excluding carboxylic acids is 1. The molecule has 176 valence electrons. The molecule has 32 heavy (non-hydrogen) atoms. The van der Waals surface area contributed by atoms with Crippen molar-refractivity contribution in [1.29, 1.82) is 5.26 Å². The molecule has 1 aromatic rings. The van der Waals surface area contributed by atoms with Crippen LogP contribution >= 0.6 is 0 Å². The number of amides is 1. The fourth-order valence-electron chi connectivity index (χ4n) is 4.52. The molecule has 2 saturated heterocycles. The second kappa shape index (κ2) is 8.53. The molecule has 12 heteroatoms. The molecule has 1 aromatic carbocycles. The monoisotopic (exact) mass is 473 g/mol. The maximum Gasteiger partial charge on any atom is 0.417 e. The molecule has 1 atom stereocenters. The zero-order valence-corrected chi connectivity index (χ0v) is 18.9. The van der Waals surface area contributed by atoms with Gasteiger partial charge in [0.15, 0.2) is 0 Å². The van der Waals surface area contributed by atoms with Crippen molar-refractivity contribution in [2.45, 2.75) is 31.5 Å². The van der Waals surface area contributed by atoms with Gasteiger partial charge in [-0.25, -0.2) is 0 Å². The number of benzene rings is 1. The quantitative estimate of drug-likeness (QED) is 0.719. The normalized spacial score (nSPS) is 21.7. The Morgan fingerprint density at radius 3 is 2.41 bits per heavy atom. The summed E-state index contributed by atoms with van der Waals surface area (Å²) < 4.78 is 67.9. The van der Waals surface area contributed by atoms with Crippen LogP contribution in [0, 0.1) is 16.7 Å². The average Bonchev–Trinajstić information content (AvgIpc) is 3.12. The molecule has 0 saturated carbocycles. The second-order valence-electron chi connectivity index (χ2n) is 8.50. The number of nitrogens with one attached hydrogen (secondary N) is 1. The van der Waals surface area contributed by atoms with Gasteiger partial charge in [-0.1, -0.05) is 0 Å². The van der Waals surface area contributed by atoms with Gasteiger partial charge in [-0.15, -0.1) is 0 Å². The van der Waals surface area contributed by atoms with Gasteiger partial charge < -0.3 is 10.2 Å². The molecule has 0 aromatic heterocycles. The summed E-state index contributed by atoms with van der Waals surface area (Å²) in [4.78, 5) is 14.2. The lowest BCUT2D eigenvalue weighted by atomic mass is 9.76. The molecule has 0 bridgehead atoms. The van der Waals surface area contributed by atoms with Crippen molar-refractivity contribution in [2.24, 2.45) is 5.41 Å². The molecule has 3 rings (SSSR count). The van der Waals surface area contributed by atoms with Crippen molar-refractivity contribution >= 4 is 21.8 Å². The lowest BCUT2D eigenvalue weighted by Gasteiger charge is -2.40. The summed E-state index contributed by atoms with van der Waals surface area (Å²) in [6.07, 6.45) is -3.22. The maximum atomic E-state index is 13.3. The van der Waals surface area contributed by atoms with E-state index in [0.717, 1.165) is 10.4 Å². The van der Waals surface area contributed by atoms with Gasteiger partial charge in [0.2, 0.25) is 5.91 Å². The van der Waals surface area contributed by atoms with Gasteiger partial charge in [0.25, 0.3) is 10.2 Å². The average molecular weight is 474 g/mol. The van der Waals surface area contributed by atoms with Gasteiger partial charge in [-0.3, -0.25) is 4.79 Å². The number of nitrogens with zero attached hydrogens (tertiary/aromatic N) is 4. The van der Waals surface area contributed by atoms with Crippen LogP contribution in [0.25, 0.3) is 0 Å². The van der Waals surface area contributed by atoms with Crippen molar-refractivity contribution < 1.29 is 26.4 Å². The number of alkyl halides is 3. The Hall–Kier alpha value is -2.36. The Labute approximate surface area is 185 Å². The topological polar surface area (TPSA) is 96.7 Å². The summed E-state index contributed by atoms with van der Waals surface area (Å²) in [7, 11) is 0.462. The molecule has 2 aliphatic rings. The van der Waals surface area contributed by atoms with E-state index in [2.05, 4.69) is 5.32 Å². The lowest BCUT2D eigenvalue weighted by Crippen LogP contribution is -2.49. The minimum Gasteiger partial charge on any atom is -0.371 e. The molecule has 0 aliphatic carbocycles. The highest BCUT2D eigenvalue weighted by Crippen LogP contribution is 2.46.